The van der Waals surface area contributed by atoms with E-state index in [1.54, 1.807) is 12.4 Å². The van der Waals surface area contributed by atoms with E-state index in [1.807, 2.05) is 0 Å². The Hall–Kier alpha value is -1.65. The van der Waals surface area contributed by atoms with E-state index >= 15 is 0 Å². The van der Waals surface area contributed by atoms with E-state index < -0.39 is 0 Å². The topological polar surface area (TPSA) is 66.9 Å². The Bertz CT molecular complexity index is 398. The number of nitrogens with zero attached hydrogens (tertiary/aromatic N) is 2. The van der Waals surface area contributed by atoms with E-state index in [0.29, 0.717) is 17.6 Å². The van der Waals surface area contributed by atoms with Crippen LogP contribution in [0.15, 0.2) is 12.4 Å². The van der Waals surface area contributed by atoms with Crippen molar-refractivity contribution in [2.75, 3.05) is 11.9 Å². The van der Waals surface area contributed by atoms with Gasteiger partial charge in [0.15, 0.2) is 0 Å². The van der Waals surface area contributed by atoms with Crippen molar-refractivity contribution in [2.45, 2.75) is 51.5 Å². The molecule has 1 fully saturated rings. The Balaban J connectivity index is 1.84. The Morgan fingerprint density at radius 3 is 2.63 bits per heavy atom. The predicted molar refractivity (Wildman–Crippen MR) is 75.2 cm³/mol. The molecular formula is C14H22N4O. The lowest BCUT2D eigenvalue weighted by atomic mass is 10.2. The zero-order chi connectivity index (χ0) is 13.5. The first-order valence-electron chi connectivity index (χ1n) is 7.16. The van der Waals surface area contributed by atoms with Gasteiger partial charge in [-0.05, 0) is 19.3 Å². The molecule has 104 valence electrons. The zero-order valence-corrected chi connectivity index (χ0v) is 11.5. The van der Waals surface area contributed by atoms with Crippen LogP contribution in [0.1, 0.15) is 55.8 Å². The number of carbonyl (C=O) groups excluding carboxylic acids is 1. The van der Waals surface area contributed by atoms with Gasteiger partial charge in [-0.1, -0.05) is 26.2 Å². The molecule has 5 nitrogen and oxygen atoms in total. The molecule has 5 heteroatoms. The summed E-state index contributed by atoms with van der Waals surface area (Å²) in [5, 5.41) is 6.16. The van der Waals surface area contributed by atoms with E-state index in [0.717, 1.165) is 32.2 Å². The van der Waals surface area contributed by atoms with Crippen LogP contribution in [-0.2, 0) is 0 Å². The van der Waals surface area contributed by atoms with Gasteiger partial charge in [0.05, 0.1) is 5.56 Å². The lowest BCUT2D eigenvalue weighted by Gasteiger charge is -2.11. The largest absolute Gasteiger partial charge is 0.354 e. The number of hydrogen-bond donors (Lipinski definition) is 2. The Kier molecular flexibility index (Phi) is 5.12. The molecule has 0 unspecified atom stereocenters. The van der Waals surface area contributed by atoms with Gasteiger partial charge < -0.3 is 10.6 Å². The highest BCUT2D eigenvalue weighted by Crippen LogP contribution is 2.18. The summed E-state index contributed by atoms with van der Waals surface area (Å²) in [6.07, 6.45) is 10.00. The summed E-state index contributed by atoms with van der Waals surface area (Å²) in [6, 6.07) is 0.329. The second-order valence-electron chi connectivity index (χ2n) is 5.03. The maximum atomic E-state index is 12.0. The maximum absolute atomic E-state index is 12.0. The molecule has 0 bridgehead atoms. The Morgan fingerprint density at radius 1 is 1.32 bits per heavy atom. The molecule has 1 aliphatic rings. The number of aromatic nitrogens is 2. The number of hydrogen-bond acceptors (Lipinski definition) is 4. The minimum atomic E-state index is -0.0630. The molecule has 2 N–H and O–H groups in total. The van der Waals surface area contributed by atoms with E-state index in [4.69, 9.17) is 0 Å². The van der Waals surface area contributed by atoms with E-state index in [-0.39, 0.29) is 5.91 Å². The minimum absolute atomic E-state index is 0.0630. The van der Waals surface area contributed by atoms with Gasteiger partial charge in [0.1, 0.15) is 0 Å². The average Bonchev–Trinajstić information content (AvgIpc) is 2.93. The standard InChI is InChI=1S/C14H22N4O/c1-2-3-8-15-14-16-9-11(10-17-14)13(19)18-12-6-4-5-7-12/h9-10,12H,2-8H2,1H3,(H,18,19)(H,15,16,17). The third kappa shape index (κ3) is 4.19. The van der Waals surface area contributed by atoms with Gasteiger partial charge in [-0.25, -0.2) is 9.97 Å². The summed E-state index contributed by atoms with van der Waals surface area (Å²) in [7, 11) is 0. The van der Waals surface area contributed by atoms with Gasteiger partial charge in [-0.2, -0.15) is 0 Å². The van der Waals surface area contributed by atoms with Crippen molar-refractivity contribution in [3.05, 3.63) is 18.0 Å². The van der Waals surface area contributed by atoms with Crippen molar-refractivity contribution < 1.29 is 4.79 Å². The zero-order valence-electron chi connectivity index (χ0n) is 11.5. The van der Waals surface area contributed by atoms with Gasteiger partial charge in [0.25, 0.3) is 5.91 Å². The Labute approximate surface area is 114 Å². The molecule has 1 heterocycles. The van der Waals surface area contributed by atoms with Gasteiger partial charge in [-0.15, -0.1) is 0 Å². The van der Waals surface area contributed by atoms with Crippen molar-refractivity contribution in [1.29, 1.82) is 0 Å². The van der Waals surface area contributed by atoms with E-state index in [2.05, 4.69) is 27.5 Å². The molecule has 1 aromatic heterocycles. The molecule has 1 aromatic rings. The SMILES string of the molecule is CCCCNc1ncc(C(=O)NC2CCCC2)cn1. The molecule has 0 aromatic carbocycles. The van der Waals surface area contributed by atoms with Crippen LogP contribution in [0.2, 0.25) is 0 Å². The van der Waals surface area contributed by atoms with Crippen LogP contribution in [0, 0.1) is 0 Å². The molecule has 0 spiro atoms. The minimum Gasteiger partial charge on any atom is -0.354 e. The molecule has 0 saturated heterocycles. The van der Waals surface area contributed by atoms with Gasteiger partial charge in [0.2, 0.25) is 5.95 Å². The van der Waals surface area contributed by atoms with Crippen molar-refractivity contribution >= 4 is 11.9 Å². The average molecular weight is 262 g/mol. The number of nitrogens with one attached hydrogen (secondary N) is 2. The third-order valence-electron chi connectivity index (χ3n) is 3.42. The van der Waals surface area contributed by atoms with Crippen LogP contribution < -0.4 is 10.6 Å². The highest BCUT2D eigenvalue weighted by Gasteiger charge is 2.18. The van der Waals surface area contributed by atoms with E-state index in [1.165, 1.54) is 12.8 Å². The number of rotatable bonds is 6. The summed E-state index contributed by atoms with van der Waals surface area (Å²) < 4.78 is 0. The fourth-order valence-corrected chi connectivity index (χ4v) is 2.25. The van der Waals surface area contributed by atoms with Crippen molar-refractivity contribution in [2.24, 2.45) is 0 Å². The van der Waals surface area contributed by atoms with Gasteiger partial charge in [-0.3, -0.25) is 4.79 Å². The van der Waals surface area contributed by atoms with Crippen LogP contribution >= 0.6 is 0 Å². The molecule has 1 aliphatic carbocycles. The summed E-state index contributed by atoms with van der Waals surface area (Å²) in [5.74, 6) is 0.526. The van der Waals surface area contributed by atoms with Crippen molar-refractivity contribution in [1.82, 2.24) is 15.3 Å². The molecule has 2 rings (SSSR count). The molecular weight excluding hydrogens is 240 g/mol. The lowest BCUT2D eigenvalue weighted by molar-refractivity contribution is 0.0937. The van der Waals surface area contributed by atoms with Gasteiger partial charge in [0, 0.05) is 25.0 Å². The fraction of sp³-hybridized carbons (Fsp3) is 0.643. The van der Waals surface area contributed by atoms with Crippen LogP contribution in [0.5, 0.6) is 0 Å². The number of unbranched alkanes of at least 4 members (excludes halogenated alkanes) is 1. The molecule has 1 saturated carbocycles. The van der Waals surface area contributed by atoms with Crippen molar-refractivity contribution in [3.8, 4) is 0 Å². The molecule has 0 atom stereocenters. The molecule has 0 radical (unpaired) electrons. The first-order chi connectivity index (χ1) is 9.29. The summed E-state index contributed by atoms with van der Waals surface area (Å²) in [6.45, 7) is 3.00. The quantitative estimate of drug-likeness (QED) is 0.772. The number of carbonyl (C=O) groups is 1. The first-order valence-corrected chi connectivity index (χ1v) is 7.16. The summed E-state index contributed by atoms with van der Waals surface area (Å²) in [5.41, 5.74) is 0.535. The van der Waals surface area contributed by atoms with Crippen LogP contribution in [0.25, 0.3) is 0 Å². The molecule has 0 aliphatic heterocycles. The van der Waals surface area contributed by atoms with Crippen LogP contribution in [-0.4, -0.2) is 28.5 Å². The second-order valence-corrected chi connectivity index (χ2v) is 5.03. The van der Waals surface area contributed by atoms with Crippen molar-refractivity contribution in [3.63, 3.8) is 0 Å². The normalized spacial score (nSPS) is 15.4. The smallest absolute Gasteiger partial charge is 0.254 e. The maximum Gasteiger partial charge on any atom is 0.254 e. The molecule has 19 heavy (non-hydrogen) atoms. The number of anilines is 1. The number of amides is 1. The van der Waals surface area contributed by atoms with Crippen LogP contribution in [0.4, 0.5) is 5.95 Å². The molecule has 1 amide bonds. The lowest BCUT2D eigenvalue weighted by Crippen LogP contribution is -2.32. The van der Waals surface area contributed by atoms with Gasteiger partial charge >= 0.3 is 0 Å². The second kappa shape index (κ2) is 7.07. The fourth-order valence-electron chi connectivity index (χ4n) is 2.25. The monoisotopic (exact) mass is 262 g/mol. The summed E-state index contributed by atoms with van der Waals surface area (Å²) >= 11 is 0. The van der Waals surface area contributed by atoms with Crippen LogP contribution in [0.3, 0.4) is 0 Å². The third-order valence-corrected chi connectivity index (χ3v) is 3.42. The summed E-state index contributed by atoms with van der Waals surface area (Å²) in [4.78, 5) is 20.3. The van der Waals surface area contributed by atoms with E-state index in [9.17, 15) is 4.79 Å². The first kappa shape index (κ1) is 13.8. The predicted octanol–water partition coefficient (Wildman–Crippen LogP) is 2.36. The Morgan fingerprint density at radius 2 is 2.00 bits per heavy atom. The highest BCUT2D eigenvalue weighted by atomic mass is 16.1. The highest BCUT2D eigenvalue weighted by molar-refractivity contribution is 5.93.